The molecule has 0 fully saturated rings. The van der Waals surface area contributed by atoms with E-state index in [-0.39, 0.29) is 49.1 Å². The second-order valence-electron chi connectivity index (χ2n) is 10.5. The first-order valence-corrected chi connectivity index (χ1v) is 15.1. The van der Waals surface area contributed by atoms with Crippen molar-refractivity contribution < 1.29 is 19.1 Å². The number of nitrogens with one attached hydrogen (secondary N) is 1. The van der Waals surface area contributed by atoms with Gasteiger partial charge < -0.3 is 25.6 Å². The van der Waals surface area contributed by atoms with Gasteiger partial charge in [0, 0.05) is 32.2 Å². The fourth-order valence-electron chi connectivity index (χ4n) is 5.22. The molecular weight excluding hydrogens is 667 g/mol. The molecule has 11 heteroatoms. The number of ether oxygens (including phenoxy) is 1. The lowest BCUT2D eigenvalue weighted by Crippen LogP contribution is -2.53. The van der Waals surface area contributed by atoms with Gasteiger partial charge in [-0.25, -0.2) is 0 Å². The van der Waals surface area contributed by atoms with Crippen molar-refractivity contribution in [1.82, 2.24) is 5.32 Å². The third-order valence-corrected chi connectivity index (χ3v) is 8.77. The summed E-state index contributed by atoms with van der Waals surface area (Å²) in [7, 11) is 1.59. The summed E-state index contributed by atoms with van der Waals surface area (Å²) < 4.78 is 6.66. The minimum Gasteiger partial charge on any atom is -0.496 e. The molecule has 3 N–H and O–H groups in total. The zero-order valence-corrected chi connectivity index (χ0v) is 27.6. The van der Waals surface area contributed by atoms with Crippen LogP contribution in [-0.4, -0.2) is 37.4 Å². The molecule has 8 nitrogen and oxygen atoms in total. The van der Waals surface area contributed by atoms with Crippen molar-refractivity contribution in [3.8, 4) is 5.75 Å². The van der Waals surface area contributed by atoms with Crippen LogP contribution in [0.15, 0.2) is 77.3 Å². The van der Waals surface area contributed by atoms with Crippen molar-refractivity contribution in [3.05, 3.63) is 93.4 Å². The van der Waals surface area contributed by atoms with E-state index in [0.29, 0.717) is 39.8 Å². The van der Waals surface area contributed by atoms with E-state index in [1.165, 1.54) is 4.90 Å². The smallest absolute Gasteiger partial charge is 0.258 e. The average molecular weight is 700 g/mol. The van der Waals surface area contributed by atoms with E-state index in [1.54, 1.807) is 61.4 Å². The van der Waals surface area contributed by atoms with E-state index in [0.717, 1.165) is 20.8 Å². The molecule has 1 aliphatic heterocycles. The molecule has 0 radical (unpaired) electrons. The average Bonchev–Trinajstić information content (AvgIpc) is 3.11. The highest BCUT2D eigenvalue weighted by Crippen LogP contribution is 2.40. The van der Waals surface area contributed by atoms with Crippen LogP contribution in [0.2, 0.25) is 5.02 Å². The van der Waals surface area contributed by atoms with Crippen LogP contribution in [-0.2, 0) is 16.1 Å². The molecule has 1 heterocycles. The van der Waals surface area contributed by atoms with E-state index in [2.05, 4.69) is 21.2 Å². The first-order valence-electron chi connectivity index (χ1n) is 14.0. The van der Waals surface area contributed by atoms with Crippen LogP contribution < -0.4 is 25.6 Å². The number of carbonyl (C=O) groups is 3. The van der Waals surface area contributed by atoms with Gasteiger partial charge in [0.2, 0.25) is 5.91 Å². The summed E-state index contributed by atoms with van der Waals surface area (Å²) in [6.45, 7) is 3.74. The first-order chi connectivity index (χ1) is 20.6. The minimum absolute atomic E-state index is 0. The molecule has 2 atom stereocenters. The van der Waals surface area contributed by atoms with Gasteiger partial charge in [-0.05, 0) is 77.9 Å². The normalized spacial score (nSPS) is 15.2. The summed E-state index contributed by atoms with van der Waals surface area (Å²) in [4.78, 5) is 44.7. The van der Waals surface area contributed by atoms with E-state index in [9.17, 15) is 14.4 Å². The largest absolute Gasteiger partial charge is 0.496 e. The van der Waals surface area contributed by atoms with Crippen molar-refractivity contribution in [2.45, 2.75) is 32.9 Å². The highest BCUT2D eigenvalue weighted by atomic mass is 79.9. The zero-order valence-electron chi connectivity index (χ0n) is 24.5. The summed E-state index contributed by atoms with van der Waals surface area (Å²) in [6, 6.07) is 20.3. The lowest BCUT2D eigenvalue weighted by molar-refractivity contribution is -0.129. The zero-order chi connectivity index (χ0) is 30.8. The van der Waals surface area contributed by atoms with Crippen LogP contribution >= 0.6 is 39.9 Å². The Balaban J connectivity index is 0.00000442. The molecule has 0 saturated heterocycles. The number of methoxy groups -OCH3 is 1. The minimum atomic E-state index is -1.03. The van der Waals surface area contributed by atoms with Gasteiger partial charge >= 0.3 is 0 Å². The summed E-state index contributed by atoms with van der Waals surface area (Å²) in [6.07, 6.45) is 0.600. The SMILES string of the molecule is CC[C@@H](C)C(=O)N[C@H]1CN(C(=O)c2ccc(N)cc2)c2cc(Cl)ccc2N(Cc2c(OC)ccc3c(Br)cccc23)C1=O.Cl. The molecule has 3 amide bonds. The van der Waals surface area contributed by atoms with Gasteiger partial charge in [-0.15, -0.1) is 12.4 Å². The number of nitrogen functional groups attached to an aromatic ring is 1. The highest BCUT2D eigenvalue weighted by Gasteiger charge is 2.38. The van der Waals surface area contributed by atoms with E-state index >= 15 is 0 Å². The molecule has 0 aromatic heterocycles. The number of hydrogen-bond donors (Lipinski definition) is 2. The van der Waals surface area contributed by atoms with Gasteiger partial charge in [-0.2, -0.15) is 0 Å². The van der Waals surface area contributed by atoms with E-state index < -0.39 is 6.04 Å². The van der Waals surface area contributed by atoms with Crippen molar-refractivity contribution >= 4 is 85.5 Å². The van der Waals surface area contributed by atoms with Crippen LogP contribution in [0.1, 0.15) is 36.2 Å². The predicted octanol–water partition coefficient (Wildman–Crippen LogP) is 6.99. The molecular formula is C33H33BrCl2N4O4. The lowest BCUT2D eigenvalue weighted by Gasteiger charge is -2.27. The molecule has 230 valence electrons. The van der Waals surface area contributed by atoms with Crippen molar-refractivity contribution in [2.75, 3.05) is 29.2 Å². The Hall–Kier alpha value is -3.79. The van der Waals surface area contributed by atoms with Crippen molar-refractivity contribution in [1.29, 1.82) is 0 Å². The second-order valence-corrected chi connectivity index (χ2v) is 11.8. The molecule has 5 rings (SSSR count). The van der Waals surface area contributed by atoms with Gasteiger partial charge in [0.15, 0.2) is 0 Å². The maximum atomic E-state index is 14.5. The van der Waals surface area contributed by atoms with Crippen molar-refractivity contribution in [3.63, 3.8) is 0 Å². The van der Waals surface area contributed by atoms with E-state index in [4.69, 9.17) is 22.1 Å². The second kappa shape index (κ2) is 13.9. The predicted molar refractivity (Wildman–Crippen MR) is 182 cm³/mol. The lowest BCUT2D eigenvalue weighted by atomic mass is 10.0. The van der Waals surface area contributed by atoms with Gasteiger partial charge in [-0.1, -0.05) is 53.5 Å². The molecule has 1 aliphatic rings. The van der Waals surface area contributed by atoms with Gasteiger partial charge in [-0.3, -0.25) is 14.4 Å². The molecule has 4 aromatic rings. The Morgan fingerprint density at radius 1 is 1.07 bits per heavy atom. The first kappa shape index (κ1) is 33.1. The number of anilines is 3. The fourth-order valence-corrected chi connectivity index (χ4v) is 5.89. The summed E-state index contributed by atoms with van der Waals surface area (Å²) in [5.41, 5.74) is 8.48. The molecule has 4 aromatic carbocycles. The number of carbonyl (C=O) groups excluding carboxylic acids is 3. The number of fused-ring (bicyclic) bond motifs is 2. The number of halogens is 3. The molecule has 0 unspecified atom stereocenters. The Morgan fingerprint density at radius 2 is 1.80 bits per heavy atom. The third-order valence-electron chi connectivity index (χ3n) is 7.84. The Morgan fingerprint density at radius 3 is 2.48 bits per heavy atom. The van der Waals surface area contributed by atoms with Crippen LogP contribution in [0.4, 0.5) is 17.1 Å². The van der Waals surface area contributed by atoms with Gasteiger partial charge in [0.1, 0.15) is 11.8 Å². The monoisotopic (exact) mass is 698 g/mol. The summed E-state index contributed by atoms with van der Waals surface area (Å²) in [5, 5.41) is 5.18. The maximum Gasteiger partial charge on any atom is 0.258 e. The number of nitrogens with zero attached hydrogens (tertiary/aromatic N) is 2. The molecule has 44 heavy (non-hydrogen) atoms. The van der Waals surface area contributed by atoms with Crippen LogP contribution in [0.25, 0.3) is 10.8 Å². The Bertz CT molecular complexity index is 1720. The molecule has 0 spiro atoms. The quantitative estimate of drug-likeness (QED) is 0.202. The number of nitrogens with two attached hydrogens (primary N) is 1. The molecule has 0 bridgehead atoms. The Kier molecular flexibility index (Phi) is 10.4. The number of rotatable bonds is 7. The maximum absolute atomic E-state index is 14.5. The van der Waals surface area contributed by atoms with Gasteiger partial charge in [0.05, 0.1) is 31.6 Å². The van der Waals surface area contributed by atoms with Crippen LogP contribution in [0.3, 0.4) is 0 Å². The highest BCUT2D eigenvalue weighted by molar-refractivity contribution is 9.10. The topological polar surface area (TPSA) is 105 Å². The van der Waals surface area contributed by atoms with Crippen LogP contribution in [0, 0.1) is 5.92 Å². The number of benzene rings is 4. The summed E-state index contributed by atoms with van der Waals surface area (Å²) >= 11 is 10.1. The third kappa shape index (κ3) is 6.50. The van der Waals surface area contributed by atoms with Gasteiger partial charge in [0.25, 0.3) is 11.8 Å². The van der Waals surface area contributed by atoms with Crippen LogP contribution in [0.5, 0.6) is 5.75 Å². The molecule has 0 aliphatic carbocycles. The van der Waals surface area contributed by atoms with Crippen molar-refractivity contribution in [2.24, 2.45) is 5.92 Å². The Labute approximate surface area is 276 Å². The standard InChI is InChI=1S/C33H32BrClN4O4.ClH/c1-4-19(2)31(40)37-27-18-39(32(41)20-8-11-22(36)12-9-20)29-16-21(35)10-14-28(29)38(33(27)42)17-25-23-6-5-7-26(34)24(23)13-15-30(25)43-3;/h5-16,19,27H,4,17-18,36H2,1-3H3,(H,37,40);1H/t19-,27+;/m1./s1. The van der Waals surface area contributed by atoms with E-state index in [1.807, 2.05) is 37.3 Å². The summed E-state index contributed by atoms with van der Waals surface area (Å²) in [5.74, 6) is -0.697. The number of amides is 3. The molecule has 0 saturated carbocycles. The fraction of sp³-hybridized carbons (Fsp3) is 0.242. The number of hydrogen-bond acceptors (Lipinski definition) is 5.